The molecule has 1 aliphatic rings. The Morgan fingerprint density at radius 2 is 1.59 bits per heavy atom. The van der Waals surface area contributed by atoms with E-state index in [9.17, 15) is 14.3 Å². The average Bonchev–Trinajstić information content (AvgIpc) is 2.78. The number of aryl methyl sites for hydroxylation is 1. The van der Waals surface area contributed by atoms with Gasteiger partial charge in [-0.1, -0.05) is 78.0 Å². The number of nitrogen functional groups attached to an aromatic ring is 1. The number of phenols is 1. The molecule has 1 aromatic carbocycles. The molecule has 0 spiro atoms. The Morgan fingerprint density at radius 1 is 1.03 bits per heavy atom. The summed E-state index contributed by atoms with van der Waals surface area (Å²) in [5, 5.41) is 23.9. The van der Waals surface area contributed by atoms with Crippen molar-refractivity contribution in [2.75, 3.05) is 19.0 Å². The van der Waals surface area contributed by atoms with E-state index in [1.807, 2.05) is 26.8 Å². The molecule has 0 atom stereocenters. The van der Waals surface area contributed by atoms with Crippen molar-refractivity contribution < 1.29 is 19.0 Å². The Bertz CT molecular complexity index is 805. The lowest BCUT2D eigenvalue weighted by Gasteiger charge is -2.22. The van der Waals surface area contributed by atoms with Crippen LogP contribution >= 0.6 is 0 Å². The first kappa shape index (κ1) is 31.0. The van der Waals surface area contributed by atoms with Gasteiger partial charge in [-0.25, -0.2) is 0 Å². The van der Waals surface area contributed by atoms with Crippen molar-refractivity contribution in [3.8, 4) is 5.75 Å². The molecule has 0 fully saturated rings. The molecule has 1 aromatic rings. The summed E-state index contributed by atoms with van der Waals surface area (Å²) in [6.45, 7) is 8.87. The molecule has 0 unspecified atom stereocenters. The number of hydrogen-bond donors (Lipinski definition) is 4. The number of rotatable bonds is 10. The van der Waals surface area contributed by atoms with Gasteiger partial charge in [-0.15, -0.1) is 0 Å². The third kappa shape index (κ3) is 13.6. The smallest absolute Gasteiger partial charge is 0.293 e. The maximum absolute atomic E-state index is 12.2. The van der Waals surface area contributed by atoms with E-state index in [0.29, 0.717) is 25.2 Å². The number of phenolic OH excluding ortho intramolecular Hbond substituents is 1. The summed E-state index contributed by atoms with van der Waals surface area (Å²) < 4.78 is 16.8. The molecule has 0 bridgehead atoms. The summed E-state index contributed by atoms with van der Waals surface area (Å²) in [4.78, 5) is 9.72. The summed E-state index contributed by atoms with van der Waals surface area (Å²) in [5.41, 5.74) is 7.98. The zero-order chi connectivity index (χ0) is 26.0. The van der Waals surface area contributed by atoms with Crippen LogP contribution in [0.4, 0.5) is 10.1 Å². The van der Waals surface area contributed by atoms with Crippen molar-refractivity contribution >= 4 is 23.6 Å². The van der Waals surface area contributed by atoms with Gasteiger partial charge in [-0.2, -0.15) is 0 Å². The van der Waals surface area contributed by atoms with Gasteiger partial charge < -0.3 is 15.6 Å². The highest BCUT2D eigenvalue weighted by Gasteiger charge is 2.20. The lowest BCUT2D eigenvalue weighted by molar-refractivity contribution is -0.128. The van der Waals surface area contributed by atoms with E-state index in [0.717, 1.165) is 17.5 Å². The Balaban J connectivity index is 0.000000506. The highest BCUT2D eigenvalue weighted by atomic mass is 19.1. The van der Waals surface area contributed by atoms with Crippen LogP contribution in [-0.2, 0) is 21.4 Å². The van der Waals surface area contributed by atoms with Crippen LogP contribution in [0.25, 0.3) is 0 Å². The molecule has 190 valence electrons. The zero-order valence-corrected chi connectivity index (χ0v) is 21.1. The molecule has 1 aliphatic carbocycles. The summed E-state index contributed by atoms with van der Waals surface area (Å²) in [6, 6.07) is 3.45. The Morgan fingerprint density at radius 3 is 2.06 bits per heavy atom. The van der Waals surface area contributed by atoms with Gasteiger partial charge in [0.1, 0.15) is 5.75 Å². The number of carbonyl (C=O) groups excluding carboxylic acids is 1. The second kappa shape index (κ2) is 17.5. The van der Waals surface area contributed by atoms with Gasteiger partial charge in [-0.05, 0) is 35.6 Å². The predicted molar refractivity (Wildman–Crippen MR) is 140 cm³/mol. The fraction of sp³-hybridized carbons (Fsp3) is 0.519. The number of anilines is 1. The lowest BCUT2D eigenvalue weighted by atomic mass is 9.84. The third-order valence-electron chi connectivity index (χ3n) is 5.00. The average molecular weight is 476 g/mol. The van der Waals surface area contributed by atoms with Gasteiger partial charge in [0.2, 0.25) is 0 Å². The second-order valence-corrected chi connectivity index (χ2v) is 9.05. The van der Waals surface area contributed by atoms with Crippen molar-refractivity contribution in [1.82, 2.24) is 0 Å². The number of carbonyl (C=O) groups is 1. The van der Waals surface area contributed by atoms with Crippen molar-refractivity contribution in [2.45, 2.75) is 78.1 Å². The van der Waals surface area contributed by atoms with E-state index < -0.39 is 6.67 Å². The van der Waals surface area contributed by atoms with E-state index >= 15 is 0 Å². The van der Waals surface area contributed by atoms with E-state index in [4.69, 9.17) is 16.6 Å². The van der Waals surface area contributed by atoms with Gasteiger partial charge in [-0.3, -0.25) is 20.0 Å². The number of halogens is 1. The number of nitrogens with one attached hydrogen (secondary N) is 2. The molecule has 0 radical (unpaired) electrons. The molecule has 6 nitrogen and oxygen atoms in total. The van der Waals surface area contributed by atoms with Crippen LogP contribution in [0.15, 0.2) is 36.4 Å². The van der Waals surface area contributed by atoms with Crippen molar-refractivity contribution in [2.24, 2.45) is 0 Å². The fourth-order valence-corrected chi connectivity index (χ4v) is 3.04. The molecule has 0 amide bonds. The quantitative estimate of drug-likeness (QED) is 0.102. The van der Waals surface area contributed by atoms with Crippen LogP contribution in [0.2, 0.25) is 0 Å². The first-order valence-corrected chi connectivity index (χ1v) is 11.8. The van der Waals surface area contributed by atoms with E-state index in [1.165, 1.54) is 32.1 Å². The maximum atomic E-state index is 12.2. The minimum atomic E-state index is -0.409. The minimum Gasteiger partial charge on any atom is -0.505 e. The van der Waals surface area contributed by atoms with Crippen LogP contribution in [0.1, 0.15) is 77.3 Å². The molecule has 0 aromatic heterocycles. The highest BCUT2D eigenvalue weighted by Crippen LogP contribution is 2.35. The van der Waals surface area contributed by atoms with Crippen molar-refractivity contribution in [3.05, 3.63) is 47.6 Å². The van der Waals surface area contributed by atoms with E-state index in [2.05, 4.69) is 11.7 Å². The predicted octanol–water partition coefficient (Wildman–Crippen LogP) is 6.46. The van der Waals surface area contributed by atoms with E-state index in [-0.39, 0.29) is 22.6 Å². The van der Waals surface area contributed by atoms with Crippen molar-refractivity contribution in [1.29, 1.82) is 10.8 Å². The SMILES string of the molecule is CC(C)(C)c1cc(CCF)cc(N)c1O.CCCCCCCCOC=O.N=C1C=CC=CC1=N. The van der Waals surface area contributed by atoms with Gasteiger partial charge in [0.15, 0.2) is 0 Å². The maximum Gasteiger partial charge on any atom is 0.293 e. The van der Waals surface area contributed by atoms with Crippen LogP contribution < -0.4 is 5.73 Å². The molecule has 5 N–H and O–H groups in total. The number of unbranched alkanes of at least 4 members (excludes halogenated alkanes) is 5. The first-order valence-electron chi connectivity index (χ1n) is 11.8. The molecular weight excluding hydrogens is 433 g/mol. The molecule has 0 aliphatic heterocycles. The molecule has 7 heteroatoms. The Hall–Kier alpha value is -2.96. The van der Waals surface area contributed by atoms with Crippen LogP contribution in [0, 0.1) is 10.8 Å². The topological polar surface area (TPSA) is 120 Å². The summed E-state index contributed by atoms with van der Waals surface area (Å²) in [6.07, 6.45) is 14.4. The lowest BCUT2D eigenvalue weighted by Crippen LogP contribution is -2.13. The molecule has 0 saturated heterocycles. The van der Waals surface area contributed by atoms with Crippen molar-refractivity contribution in [3.63, 3.8) is 0 Å². The number of benzene rings is 1. The molecule has 34 heavy (non-hydrogen) atoms. The zero-order valence-electron chi connectivity index (χ0n) is 21.1. The molecule has 0 saturated carbocycles. The monoisotopic (exact) mass is 475 g/mol. The minimum absolute atomic E-state index is 0.116. The number of ether oxygens (including phenoxy) is 1. The second-order valence-electron chi connectivity index (χ2n) is 9.05. The van der Waals surface area contributed by atoms with E-state index in [1.54, 1.807) is 30.4 Å². The number of alkyl halides is 1. The van der Waals surface area contributed by atoms with Crippen LogP contribution in [0.5, 0.6) is 5.75 Å². The standard InChI is InChI=1S/C12H18FNO.C9H18O2.C6H6N2/c1-12(2,3)9-6-8(4-5-13)7-10(14)11(9)15;1-2-3-4-5-6-7-8-11-9-10;7-5-3-1-2-4-6(5)8/h6-7,15H,4-5,14H2,1-3H3;9H,2-8H2,1H3;1-4,7-8H. The van der Waals surface area contributed by atoms with Gasteiger partial charge in [0, 0.05) is 12.0 Å². The van der Waals surface area contributed by atoms with Gasteiger partial charge in [0.05, 0.1) is 30.4 Å². The summed E-state index contributed by atoms with van der Waals surface area (Å²) >= 11 is 0. The number of hydrogen-bond acceptors (Lipinski definition) is 6. The Labute approximate surface area is 204 Å². The number of allylic oxidation sites excluding steroid dienone is 4. The molecular formula is C27H42FN3O3. The third-order valence-corrected chi connectivity index (χ3v) is 5.00. The van der Waals surface area contributed by atoms with Gasteiger partial charge >= 0.3 is 0 Å². The van der Waals surface area contributed by atoms with Gasteiger partial charge in [0.25, 0.3) is 6.47 Å². The molecule has 0 heterocycles. The first-order chi connectivity index (χ1) is 16.1. The number of nitrogens with two attached hydrogens (primary N) is 1. The Kier molecular flexibility index (Phi) is 16.0. The largest absolute Gasteiger partial charge is 0.505 e. The fourth-order valence-electron chi connectivity index (χ4n) is 3.04. The normalized spacial score (nSPS) is 12.4. The number of aromatic hydroxyl groups is 1. The molecule has 2 rings (SSSR count). The highest BCUT2D eigenvalue weighted by molar-refractivity contribution is 6.48. The van der Waals surface area contributed by atoms with Crippen LogP contribution in [-0.4, -0.2) is 36.3 Å². The van der Waals surface area contributed by atoms with Crippen LogP contribution in [0.3, 0.4) is 0 Å². The summed E-state index contributed by atoms with van der Waals surface area (Å²) in [5.74, 6) is 0.116. The summed E-state index contributed by atoms with van der Waals surface area (Å²) in [7, 11) is 0.